The second-order valence-electron chi connectivity index (χ2n) is 4.50. The molecule has 0 bridgehead atoms. The van der Waals surface area contributed by atoms with Crippen LogP contribution < -0.4 is 10.5 Å². The number of aromatic nitrogens is 4. The van der Waals surface area contributed by atoms with Crippen molar-refractivity contribution in [2.75, 3.05) is 5.73 Å². The predicted octanol–water partition coefficient (Wildman–Crippen LogP) is 2.60. The number of hydrogen-bond donors (Lipinski definition) is 1. The van der Waals surface area contributed by atoms with Crippen LogP contribution in [0.15, 0.2) is 30.6 Å². The van der Waals surface area contributed by atoms with Gasteiger partial charge in [0.1, 0.15) is 17.9 Å². The summed E-state index contributed by atoms with van der Waals surface area (Å²) in [4.78, 5) is 7.88. The van der Waals surface area contributed by atoms with Crippen molar-refractivity contribution in [1.29, 1.82) is 0 Å². The topological polar surface area (TPSA) is 78.9 Å². The van der Waals surface area contributed by atoms with E-state index in [1.807, 2.05) is 0 Å². The monoisotopic (exact) mass is 309 g/mol. The standard InChI is InChI=1S/C13H10F3N5O/c1-7-10-11(17)18-6-19-12(10)20-21(7)8-3-2-4-9(5-8)22-13(14,15)16/h2-6H,1H3,(H2,17,18,19,20). The Hall–Kier alpha value is -2.84. The first-order valence-electron chi connectivity index (χ1n) is 6.17. The van der Waals surface area contributed by atoms with Gasteiger partial charge >= 0.3 is 6.36 Å². The van der Waals surface area contributed by atoms with E-state index in [0.717, 1.165) is 0 Å². The van der Waals surface area contributed by atoms with Gasteiger partial charge in [0.15, 0.2) is 5.65 Å². The average molecular weight is 309 g/mol. The number of anilines is 1. The highest BCUT2D eigenvalue weighted by molar-refractivity contribution is 5.88. The molecule has 0 aliphatic heterocycles. The third-order valence-corrected chi connectivity index (χ3v) is 3.03. The maximum Gasteiger partial charge on any atom is 0.573 e. The van der Waals surface area contributed by atoms with Crippen molar-refractivity contribution in [3.63, 3.8) is 0 Å². The third kappa shape index (κ3) is 2.52. The molecule has 0 aliphatic rings. The summed E-state index contributed by atoms with van der Waals surface area (Å²) in [7, 11) is 0. The highest BCUT2D eigenvalue weighted by atomic mass is 19.4. The minimum absolute atomic E-state index is 0.261. The molecule has 0 saturated carbocycles. The van der Waals surface area contributed by atoms with E-state index in [4.69, 9.17) is 5.73 Å². The van der Waals surface area contributed by atoms with Crippen LogP contribution in [0.25, 0.3) is 16.7 Å². The van der Waals surface area contributed by atoms with Gasteiger partial charge in [-0.25, -0.2) is 14.6 Å². The molecule has 114 valence electrons. The van der Waals surface area contributed by atoms with Gasteiger partial charge in [0.25, 0.3) is 0 Å². The Bertz CT molecular complexity index is 843. The van der Waals surface area contributed by atoms with Crippen LogP contribution in [0.1, 0.15) is 5.69 Å². The van der Waals surface area contributed by atoms with Crippen molar-refractivity contribution >= 4 is 16.9 Å². The van der Waals surface area contributed by atoms with Crippen LogP contribution in [0.5, 0.6) is 5.75 Å². The van der Waals surface area contributed by atoms with Crippen LogP contribution in [-0.4, -0.2) is 26.1 Å². The molecule has 6 nitrogen and oxygen atoms in total. The number of alkyl halides is 3. The minimum atomic E-state index is -4.75. The number of halogens is 3. The number of benzene rings is 1. The first kappa shape index (κ1) is 14.1. The molecule has 2 aromatic heterocycles. The fraction of sp³-hybridized carbons (Fsp3) is 0.154. The van der Waals surface area contributed by atoms with E-state index in [1.54, 1.807) is 13.0 Å². The van der Waals surface area contributed by atoms with Crippen LogP contribution in [0.2, 0.25) is 0 Å². The number of fused-ring (bicyclic) bond motifs is 1. The minimum Gasteiger partial charge on any atom is -0.406 e. The number of nitrogens with zero attached hydrogens (tertiary/aromatic N) is 4. The summed E-state index contributed by atoms with van der Waals surface area (Å²) < 4.78 is 42.2. The largest absolute Gasteiger partial charge is 0.573 e. The van der Waals surface area contributed by atoms with Crippen molar-refractivity contribution in [2.24, 2.45) is 0 Å². The summed E-state index contributed by atoms with van der Waals surface area (Å²) in [5.74, 6) is -0.0699. The van der Waals surface area contributed by atoms with Gasteiger partial charge in [0.2, 0.25) is 0 Å². The van der Waals surface area contributed by atoms with E-state index >= 15 is 0 Å². The fourth-order valence-corrected chi connectivity index (χ4v) is 2.15. The lowest BCUT2D eigenvalue weighted by atomic mass is 10.2. The normalized spacial score (nSPS) is 11.8. The van der Waals surface area contributed by atoms with E-state index in [9.17, 15) is 13.2 Å². The number of ether oxygens (including phenoxy) is 1. The summed E-state index contributed by atoms with van der Waals surface area (Å²) in [6, 6.07) is 5.49. The Balaban J connectivity index is 2.10. The van der Waals surface area contributed by atoms with Gasteiger partial charge in [-0.3, -0.25) is 0 Å². The summed E-state index contributed by atoms with van der Waals surface area (Å²) in [5.41, 5.74) is 7.17. The maximum atomic E-state index is 12.3. The van der Waals surface area contributed by atoms with Crippen molar-refractivity contribution in [3.05, 3.63) is 36.3 Å². The smallest absolute Gasteiger partial charge is 0.406 e. The van der Waals surface area contributed by atoms with Crippen LogP contribution in [0.4, 0.5) is 19.0 Å². The molecule has 2 N–H and O–H groups in total. The highest BCUT2D eigenvalue weighted by Crippen LogP contribution is 2.27. The van der Waals surface area contributed by atoms with E-state index in [2.05, 4.69) is 19.8 Å². The summed E-state index contributed by atoms with van der Waals surface area (Å²) >= 11 is 0. The Morgan fingerprint density at radius 2 is 2.00 bits per heavy atom. The first-order valence-corrected chi connectivity index (χ1v) is 6.17. The predicted molar refractivity (Wildman–Crippen MR) is 72.5 cm³/mol. The Labute approximate surface area is 122 Å². The molecule has 0 radical (unpaired) electrons. The van der Waals surface area contributed by atoms with Crippen LogP contribution in [-0.2, 0) is 0 Å². The van der Waals surface area contributed by atoms with Crippen molar-refractivity contribution in [2.45, 2.75) is 13.3 Å². The molecule has 0 aliphatic carbocycles. The zero-order chi connectivity index (χ0) is 15.9. The Morgan fingerprint density at radius 1 is 1.23 bits per heavy atom. The molecule has 0 saturated heterocycles. The molecule has 0 amide bonds. The molecule has 3 aromatic rings. The van der Waals surface area contributed by atoms with Gasteiger partial charge < -0.3 is 10.5 Å². The van der Waals surface area contributed by atoms with Crippen LogP contribution >= 0.6 is 0 Å². The number of nitrogens with two attached hydrogens (primary N) is 1. The molecule has 0 atom stereocenters. The van der Waals surface area contributed by atoms with E-state index < -0.39 is 6.36 Å². The Morgan fingerprint density at radius 3 is 2.68 bits per heavy atom. The second kappa shape index (κ2) is 4.86. The number of hydrogen-bond acceptors (Lipinski definition) is 5. The molecule has 9 heteroatoms. The van der Waals surface area contributed by atoms with E-state index in [0.29, 0.717) is 22.4 Å². The third-order valence-electron chi connectivity index (χ3n) is 3.03. The molecular formula is C13H10F3N5O. The van der Waals surface area contributed by atoms with Gasteiger partial charge in [-0.2, -0.15) is 0 Å². The summed E-state index contributed by atoms with van der Waals surface area (Å²) in [6.45, 7) is 1.73. The zero-order valence-corrected chi connectivity index (χ0v) is 11.3. The second-order valence-corrected chi connectivity index (χ2v) is 4.50. The van der Waals surface area contributed by atoms with Crippen molar-refractivity contribution in [3.8, 4) is 11.4 Å². The summed E-state index contributed by atoms with van der Waals surface area (Å²) in [5, 5.41) is 4.79. The molecule has 1 aromatic carbocycles. The summed E-state index contributed by atoms with van der Waals surface area (Å²) in [6.07, 6.45) is -3.48. The van der Waals surface area contributed by atoms with Gasteiger partial charge in [0.05, 0.1) is 16.8 Å². The van der Waals surface area contributed by atoms with Gasteiger partial charge in [-0.1, -0.05) is 6.07 Å². The molecule has 2 heterocycles. The molecule has 0 spiro atoms. The quantitative estimate of drug-likeness (QED) is 0.787. The van der Waals surface area contributed by atoms with Crippen molar-refractivity contribution in [1.82, 2.24) is 19.7 Å². The lowest BCUT2D eigenvalue weighted by molar-refractivity contribution is -0.274. The number of aryl methyl sites for hydroxylation is 1. The average Bonchev–Trinajstić information content (AvgIpc) is 2.76. The van der Waals surface area contributed by atoms with Crippen LogP contribution in [0.3, 0.4) is 0 Å². The molecule has 0 unspecified atom stereocenters. The lowest BCUT2D eigenvalue weighted by Gasteiger charge is -2.10. The maximum absolute atomic E-state index is 12.3. The molecule has 0 fully saturated rings. The molecular weight excluding hydrogens is 299 g/mol. The lowest BCUT2D eigenvalue weighted by Crippen LogP contribution is -2.17. The highest BCUT2D eigenvalue weighted by Gasteiger charge is 2.31. The van der Waals surface area contributed by atoms with E-state index in [-0.39, 0.29) is 11.6 Å². The van der Waals surface area contributed by atoms with E-state index in [1.165, 1.54) is 29.2 Å². The molecule has 3 rings (SSSR count). The zero-order valence-electron chi connectivity index (χ0n) is 11.3. The number of rotatable bonds is 2. The SMILES string of the molecule is Cc1c2c(N)ncnc2nn1-c1cccc(OC(F)(F)F)c1. The van der Waals surface area contributed by atoms with Gasteiger partial charge in [-0.05, 0) is 19.1 Å². The van der Waals surface area contributed by atoms with Gasteiger partial charge in [0, 0.05) is 6.07 Å². The number of nitrogen functional groups attached to an aromatic ring is 1. The fourth-order valence-electron chi connectivity index (χ4n) is 2.15. The molecule has 22 heavy (non-hydrogen) atoms. The van der Waals surface area contributed by atoms with Crippen LogP contribution in [0, 0.1) is 6.92 Å². The Kier molecular flexibility index (Phi) is 3.12. The van der Waals surface area contributed by atoms with Gasteiger partial charge in [-0.15, -0.1) is 18.3 Å². The van der Waals surface area contributed by atoms with Crippen molar-refractivity contribution < 1.29 is 17.9 Å². The first-order chi connectivity index (χ1) is 10.3.